The Labute approximate surface area is 162 Å². The van der Waals surface area contributed by atoms with Crippen molar-refractivity contribution in [1.29, 1.82) is 0 Å². The van der Waals surface area contributed by atoms with Crippen molar-refractivity contribution in [2.45, 2.75) is 12.5 Å². The van der Waals surface area contributed by atoms with Crippen LogP contribution in [0.1, 0.15) is 18.0 Å². The molecule has 7 heteroatoms. The summed E-state index contributed by atoms with van der Waals surface area (Å²) < 4.78 is 11.1. The molecule has 2 aromatic rings. The van der Waals surface area contributed by atoms with E-state index in [4.69, 9.17) is 9.47 Å². The van der Waals surface area contributed by atoms with Gasteiger partial charge in [0.1, 0.15) is 13.2 Å². The summed E-state index contributed by atoms with van der Waals surface area (Å²) >= 11 is 0. The van der Waals surface area contributed by atoms with Crippen molar-refractivity contribution in [1.82, 2.24) is 5.32 Å². The van der Waals surface area contributed by atoms with Crippen molar-refractivity contribution >= 4 is 17.5 Å². The maximum atomic E-state index is 12.7. The van der Waals surface area contributed by atoms with Gasteiger partial charge in [-0.1, -0.05) is 30.3 Å². The fraction of sp³-hybridized carbons (Fsp3) is 0.333. The van der Waals surface area contributed by atoms with E-state index < -0.39 is 12.0 Å². The van der Waals surface area contributed by atoms with Crippen LogP contribution < -0.4 is 19.7 Å². The minimum Gasteiger partial charge on any atom is -0.486 e. The van der Waals surface area contributed by atoms with Gasteiger partial charge >= 0.3 is 0 Å². The summed E-state index contributed by atoms with van der Waals surface area (Å²) in [6, 6.07) is 14.1. The standard InChI is InChI=1S/C21H22N2O5/c24-13-17(14-4-2-1-3-5-14)22-21(26)15-10-20(25)23(12-15)16-6-7-18-19(11-16)28-9-8-27-18/h1-7,11,15,17,24H,8-10,12-13H2,(H,22,26)/t15?,17-/m1/s1. The van der Waals surface area contributed by atoms with Gasteiger partial charge in [0.25, 0.3) is 0 Å². The molecule has 0 aromatic heterocycles. The molecule has 2 N–H and O–H groups in total. The fourth-order valence-corrected chi connectivity index (χ4v) is 3.54. The van der Waals surface area contributed by atoms with Crippen molar-refractivity contribution in [3.63, 3.8) is 0 Å². The van der Waals surface area contributed by atoms with Gasteiger partial charge in [0, 0.05) is 24.7 Å². The monoisotopic (exact) mass is 382 g/mol. The summed E-state index contributed by atoms with van der Waals surface area (Å²) in [7, 11) is 0. The van der Waals surface area contributed by atoms with E-state index in [1.165, 1.54) is 0 Å². The predicted octanol–water partition coefficient (Wildman–Crippen LogP) is 1.66. The van der Waals surface area contributed by atoms with Gasteiger partial charge in [-0.15, -0.1) is 0 Å². The Morgan fingerprint density at radius 3 is 2.64 bits per heavy atom. The highest BCUT2D eigenvalue weighted by Crippen LogP contribution is 2.36. The molecule has 1 saturated heterocycles. The molecule has 2 aliphatic rings. The van der Waals surface area contributed by atoms with Gasteiger partial charge in [-0.25, -0.2) is 0 Å². The molecular weight excluding hydrogens is 360 g/mol. The summed E-state index contributed by atoms with van der Waals surface area (Å²) in [5.41, 5.74) is 1.51. The summed E-state index contributed by atoms with van der Waals surface area (Å²) in [5, 5.41) is 12.5. The maximum Gasteiger partial charge on any atom is 0.227 e. The van der Waals surface area contributed by atoms with E-state index in [1.54, 1.807) is 23.1 Å². The Hall–Kier alpha value is -3.06. The third kappa shape index (κ3) is 3.66. The summed E-state index contributed by atoms with van der Waals surface area (Å²) in [6.45, 7) is 1.06. The summed E-state index contributed by atoms with van der Waals surface area (Å²) in [4.78, 5) is 26.8. The van der Waals surface area contributed by atoms with Crippen LogP contribution >= 0.6 is 0 Å². The van der Waals surface area contributed by atoms with Gasteiger partial charge in [-0.2, -0.15) is 0 Å². The van der Waals surface area contributed by atoms with Crippen LogP contribution in [-0.4, -0.2) is 43.3 Å². The number of rotatable bonds is 5. The molecule has 146 valence electrons. The summed E-state index contributed by atoms with van der Waals surface area (Å²) in [6.07, 6.45) is 0.132. The zero-order valence-corrected chi connectivity index (χ0v) is 15.3. The first-order valence-electron chi connectivity index (χ1n) is 9.32. The molecule has 2 heterocycles. The van der Waals surface area contributed by atoms with E-state index in [1.807, 2.05) is 30.3 Å². The minimum atomic E-state index is -0.493. The highest BCUT2D eigenvalue weighted by Gasteiger charge is 2.36. The first-order valence-corrected chi connectivity index (χ1v) is 9.32. The van der Waals surface area contributed by atoms with E-state index in [0.717, 1.165) is 5.56 Å². The van der Waals surface area contributed by atoms with Gasteiger partial charge in [0.15, 0.2) is 11.5 Å². The Balaban J connectivity index is 1.45. The van der Waals surface area contributed by atoms with Gasteiger partial charge < -0.3 is 24.8 Å². The van der Waals surface area contributed by atoms with Gasteiger partial charge in [0.2, 0.25) is 11.8 Å². The number of nitrogens with one attached hydrogen (secondary N) is 1. The van der Waals surface area contributed by atoms with Crippen LogP contribution in [0.3, 0.4) is 0 Å². The van der Waals surface area contributed by atoms with Crippen LogP contribution in [0.15, 0.2) is 48.5 Å². The average Bonchev–Trinajstić information content (AvgIpc) is 3.14. The molecule has 2 atom stereocenters. The van der Waals surface area contributed by atoms with E-state index in [-0.39, 0.29) is 31.4 Å². The van der Waals surface area contributed by atoms with Crippen molar-refractivity contribution in [2.24, 2.45) is 5.92 Å². The number of nitrogens with zero attached hydrogens (tertiary/aromatic N) is 1. The number of ether oxygens (including phenoxy) is 2. The molecule has 0 bridgehead atoms. The first kappa shape index (κ1) is 18.3. The van der Waals surface area contributed by atoms with Gasteiger partial charge in [-0.3, -0.25) is 9.59 Å². The number of anilines is 1. The largest absolute Gasteiger partial charge is 0.486 e. The second-order valence-corrected chi connectivity index (χ2v) is 6.89. The Morgan fingerprint density at radius 2 is 1.89 bits per heavy atom. The lowest BCUT2D eigenvalue weighted by Gasteiger charge is -2.22. The van der Waals surface area contributed by atoms with E-state index in [2.05, 4.69) is 5.32 Å². The number of carbonyl (C=O) groups excluding carboxylic acids is 2. The molecular formula is C21H22N2O5. The zero-order valence-electron chi connectivity index (χ0n) is 15.3. The molecule has 0 spiro atoms. The molecule has 4 rings (SSSR count). The Kier molecular flexibility index (Phi) is 5.16. The molecule has 0 aliphatic carbocycles. The predicted molar refractivity (Wildman–Crippen MR) is 102 cm³/mol. The smallest absolute Gasteiger partial charge is 0.227 e. The first-order chi connectivity index (χ1) is 13.7. The number of hydrogen-bond acceptors (Lipinski definition) is 5. The second-order valence-electron chi connectivity index (χ2n) is 6.89. The van der Waals surface area contributed by atoms with Crippen molar-refractivity contribution in [3.8, 4) is 11.5 Å². The number of aliphatic hydroxyl groups excluding tert-OH is 1. The molecule has 2 aromatic carbocycles. The Bertz CT molecular complexity index is 870. The van der Waals surface area contributed by atoms with Crippen molar-refractivity contribution < 1.29 is 24.2 Å². The number of aliphatic hydroxyl groups is 1. The lowest BCUT2D eigenvalue weighted by molar-refractivity contribution is -0.127. The molecule has 1 fully saturated rings. The minimum absolute atomic E-state index is 0.114. The molecule has 0 saturated carbocycles. The number of benzene rings is 2. The zero-order chi connectivity index (χ0) is 19.5. The number of carbonyl (C=O) groups is 2. The fourth-order valence-electron chi connectivity index (χ4n) is 3.54. The normalized spacial score (nSPS) is 19.4. The molecule has 2 aliphatic heterocycles. The maximum absolute atomic E-state index is 12.7. The third-order valence-electron chi connectivity index (χ3n) is 5.03. The Morgan fingerprint density at radius 1 is 1.14 bits per heavy atom. The average molecular weight is 382 g/mol. The lowest BCUT2D eigenvalue weighted by Crippen LogP contribution is -2.37. The van der Waals surface area contributed by atoms with E-state index in [9.17, 15) is 14.7 Å². The quantitative estimate of drug-likeness (QED) is 0.821. The highest BCUT2D eigenvalue weighted by atomic mass is 16.6. The molecule has 28 heavy (non-hydrogen) atoms. The molecule has 7 nitrogen and oxygen atoms in total. The van der Waals surface area contributed by atoms with Crippen LogP contribution in [0.25, 0.3) is 0 Å². The molecule has 0 radical (unpaired) electrons. The van der Waals surface area contributed by atoms with Crippen molar-refractivity contribution in [2.75, 3.05) is 31.3 Å². The van der Waals surface area contributed by atoms with Crippen LogP contribution in [-0.2, 0) is 9.59 Å². The van der Waals surface area contributed by atoms with Crippen LogP contribution in [0.2, 0.25) is 0 Å². The number of hydrogen-bond donors (Lipinski definition) is 2. The lowest BCUT2D eigenvalue weighted by atomic mass is 10.0. The van der Waals surface area contributed by atoms with Crippen molar-refractivity contribution in [3.05, 3.63) is 54.1 Å². The second kappa shape index (κ2) is 7.90. The number of amides is 2. The molecule has 2 amide bonds. The van der Waals surface area contributed by atoms with Crippen LogP contribution in [0, 0.1) is 5.92 Å². The van der Waals surface area contributed by atoms with Crippen LogP contribution in [0.4, 0.5) is 5.69 Å². The third-order valence-corrected chi connectivity index (χ3v) is 5.03. The van der Waals surface area contributed by atoms with Crippen LogP contribution in [0.5, 0.6) is 11.5 Å². The SMILES string of the molecule is O=C(N[C@H](CO)c1ccccc1)C1CC(=O)N(c2ccc3c(c2)OCCO3)C1. The summed E-state index contributed by atoms with van der Waals surface area (Å²) in [5.74, 6) is 0.435. The highest BCUT2D eigenvalue weighted by molar-refractivity contribution is 6.00. The van der Waals surface area contributed by atoms with E-state index >= 15 is 0 Å². The topological polar surface area (TPSA) is 88.1 Å². The number of fused-ring (bicyclic) bond motifs is 1. The van der Waals surface area contributed by atoms with E-state index in [0.29, 0.717) is 30.4 Å². The molecule has 1 unspecified atom stereocenters. The van der Waals surface area contributed by atoms with Gasteiger partial charge in [0.05, 0.1) is 18.6 Å². The van der Waals surface area contributed by atoms with Gasteiger partial charge in [-0.05, 0) is 17.7 Å².